The third-order valence-electron chi connectivity index (χ3n) is 5.77. The molecular weight excluding hydrogens is 386 g/mol. The lowest BCUT2D eigenvalue weighted by Crippen LogP contribution is -2.42. The van der Waals surface area contributed by atoms with Gasteiger partial charge in [-0.15, -0.1) is 0 Å². The third kappa shape index (κ3) is 3.41. The molecule has 9 heteroatoms. The number of hydrogen-bond acceptors (Lipinski definition) is 6. The first-order valence-electron chi connectivity index (χ1n) is 8.95. The van der Waals surface area contributed by atoms with Gasteiger partial charge in [0.1, 0.15) is 28.9 Å². The highest BCUT2D eigenvalue weighted by Crippen LogP contribution is 2.42. The number of nitrogens with zero attached hydrogens (tertiary/aromatic N) is 4. The van der Waals surface area contributed by atoms with Crippen molar-refractivity contribution in [2.75, 3.05) is 38.2 Å². The minimum atomic E-state index is -1.28. The fourth-order valence-electron chi connectivity index (χ4n) is 4.18. The maximum absolute atomic E-state index is 11.9. The summed E-state index contributed by atoms with van der Waals surface area (Å²) in [6.07, 6.45) is 4.66. The second-order valence-electron chi connectivity index (χ2n) is 7.20. The molecule has 0 saturated carbocycles. The van der Waals surface area contributed by atoms with Crippen molar-refractivity contribution in [3.8, 4) is 5.75 Å². The highest BCUT2D eigenvalue weighted by molar-refractivity contribution is 7.96. The second kappa shape index (κ2) is 7.33. The first-order valence-corrected chi connectivity index (χ1v) is 10.5. The number of halogens is 1. The van der Waals surface area contributed by atoms with Gasteiger partial charge in [-0.1, -0.05) is 11.6 Å². The summed E-state index contributed by atoms with van der Waals surface area (Å²) in [5.74, 6) is 1.51. The summed E-state index contributed by atoms with van der Waals surface area (Å²) in [5.41, 5.74) is 2.04. The second-order valence-corrected chi connectivity index (χ2v) is 8.91. The largest absolute Gasteiger partial charge is 0.495 e. The van der Waals surface area contributed by atoms with Crippen molar-refractivity contribution in [2.45, 2.75) is 19.3 Å². The van der Waals surface area contributed by atoms with Crippen LogP contribution in [0.3, 0.4) is 0 Å². The number of methoxy groups -OCH3 is 1. The lowest BCUT2D eigenvalue weighted by molar-refractivity contribution is 0.236. The zero-order valence-electron chi connectivity index (χ0n) is 15.2. The maximum atomic E-state index is 11.9. The summed E-state index contributed by atoms with van der Waals surface area (Å²) in [6.45, 7) is 3.38. The van der Waals surface area contributed by atoms with Gasteiger partial charge in [0.15, 0.2) is 0 Å². The van der Waals surface area contributed by atoms with Crippen LogP contribution >= 0.6 is 11.6 Å². The van der Waals surface area contributed by atoms with Gasteiger partial charge in [-0.05, 0) is 30.7 Å². The summed E-state index contributed by atoms with van der Waals surface area (Å²) < 4.78 is 19.1. The van der Waals surface area contributed by atoms with Gasteiger partial charge in [0, 0.05) is 37.6 Å². The molecular formula is C18H22ClN5O2S. The number of hydrogen-bond donors (Lipinski definition) is 1. The fourth-order valence-corrected chi connectivity index (χ4v) is 5.24. The summed E-state index contributed by atoms with van der Waals surface area (Å²) in [7, 11) is 0.308. The van der Waals surface area contributed by atoms with Crippen molar-refractivity contribution in [3.63, 3.8) is 0 Å². The summed E-state index contributed by atoms with van der Waals surface area (Å²) in [5, 5.41) is 8.71. The van der Waals surface area contributed by atoms with E-state index in [-0.39, 0.29) is 5.41 Å². The molecule has 1 aromatic heterocycles. The number of ether oxygens (including phenoxy) is 1. The van der Waals surface area contributed by atoms with Crippen LogP contribution in [0.25, 0.3) is 10.9 Å². The van der Waals surface area contributed by atoms with E-state index in [9.17, 15) is 4.21 Å². The summed E-state index contributed by atoms with van der Waals surface area (Å²) in [4.78, 5) is 11.2. The molecule has 27 heavy (non-hydrogen) atoms. The van der Waals surface area contributed by atoms with Crippen molar-refractivity contribution in [3.05, 3.63) is 23.5 Å². The summed E-state index contributed by atoms with van der Waals surface area (Å²) in [6, 6.07) is 3.72. The van der Waals surface area contributed by atoms with Crippen LogP contribution in [-0.4, -0.2) is 57.3 Å². The highest BCUT2D eigenvalue weighted by Gasteiger charge is 2.42. The normalized spacial score (nSPS) is 20.9. The van der Waals surface area contributed by atoms with E-state index < -0.39 is 11.0 Å². The van der Waals surface area contributed by atoms with Gasteiger partial charge in [0.25, 0.3) is 0 Å². The van der Waals surface area contributed by atoms with E-state index >= 15 is 0 Å². The summed E-state index contributed by atoms with van der Waals surface area (Å²) >= 11 is 6.32. The third-order valence-corrected chi connectivity index (χ3v) is 7.09. The monoisotopic (exact) mass is 407 g/mol. The van der Waals surface area contributed by atoms with E-state index in [0.29, 0.717) is 10.8 Å². The Hall–Kier alpha value is -1.77. The molecule has 4 rings (SSSR count). The van der Waals surface area contributed by atoms with Crippen LogP contribution < -0.4 is 9.64 Å². The Kier molecular flexibility index (Phi) is 5.05. The molecule has 7 nitrogen and oxygen atoms in total. The van der Waals surface area contributed by atoms with Crippen LogP contribution in [0.5, 0.6) is 5.75 Å². The molecule has 2 aliphatic rings. The topological polar surface area (TPSA) is 82.4 Å². The number of benzene rings is 1. The van der Waals surface area contributed by atoms with Crippen molar-refractivity contribution >= 4 is 44.9 Å². The van der Waals surface area contributed by atoms with Crippen molar-refractivity contribution in [2.24, 2.45) is 5.41 Å². The molecule has 1 N–H and O–H groups in total. The average molecular weight is 408 g/mol. The Morgan fingerprint density at radius 2 is 2.00 bits per heavy atom. The molecule has 1 unspecified atom stereocenters. The standard InChI is InChI=1S/C18H22ClN5O2S/c1-26-16-9-15-13(8-14(16)19)17(22-12-21-15)23-5-2-18(3-6-23)4-7-24(10-18)27(25)11-20/h8-9,11-12,20H,2-7,10H2,1H3. The molecule has 0 amide bonds. The molecule has 2 aromatic rings. The van der Waals surface area contributed by atoms with Crippen LogP contribution in [0.15, 0.2) is 18.5 Å². The molecule has 0 radical (unpaired) electrons. The molecule has 1 spiro atoms. The number of piperidine rings is 1. The lowest BCUT2D eigenvalue weighted by Gasteiger charge is -2.40. The Labute approximate surface area is 165 Å². The van der Waals surface area contributed by atoms with E-state index in [1.165, 1.54) is 0 Å². The van der Waals surface area contributed by atoms with Gasteiger partial charge in [-0.3, -0.25) is 5.41 Å². The van der Waals surface area contributed by atoms with Crippen LogP contribution in [0.1, 0.15) is 19.3 Å². The van der Waals surface area contributed by atoms with Crippen LogP contribution in [0, 0.1) is 10.8 Å². The Bertz CT molecular complexity index is 901. The SMILES string of the molecule is COc1cc2ncnc(N3CCC4(CC3)CCN(S(=O)C=N)C4)c2cc1Cl. The minimum absolute atomic E-state index is 0.193. The molecule has 2 aliphatic heterocycles. The molecule has 1 aromatic carbocycles. The minimum Gasteiger partial charge on any atom is -0.495 e. The Morgan fingerprint density at radius 3 is 2.70 bits per heavy atom. The van der Waals surface area contributed by atoms with Crippen molar-refractivity contribution in [1.29, 1.82) is 5.41 Å². The molecule has 0 aliphatic carbocycles. The van der Waals surface area contributed by atoms with Gasteiger partial charge in [0.05, 0.1) is 23.2 Å². The van der Waals surface area contributed by atoms with E-state index in [4.69, 9.17) is 21.7 Å². The first-order chi connectivity index (χ1) is 13.0. The van der Waals surface area contributed by atoms with Gasteiger partial charge in [0.2, 0.25) is 0 Å². The average Bonchev–Trinajstić information content (AvgIpc) is 3.11. The predicted molar refractivity (Wildman–Crippen MR) is 108 cm³/mol. The molecule has 0 bridgehead atoms. The Balaban J connectivity index is 1.54. The van der Waals surface area contributed by atoms with Gasteiger partial charge < -0.3 is 9.64 Å². The molecule has 144 valence electrons. The van der Waals surface area contributed by atoms with E-state index in [2.05, 4.69) is 14.9 Å². The Morgan fingerprint density at radius 1 is 1.26 bits per heavy atom. The first kappa shape index (κ1) is 18.6. The zero-order valence-corrected chi connectivity index (χ0v) is 16.7. The molecule has 2 saturated heterocycles. The number of aromatic nitrogens is 2. The smallest absolute Gasteiger partial charge is 0.139 e. The number of fused-ring (bicyclic) bond motifs is 1. The highest BCUT2D eigenvalue weighted by atomic mass is 35.5. The fraction of sp³-hybridized carbons (Fsp3) is 0.500. The molecule has 1 atom stereocenters. The van der Waals surface area contributed by atoms with Crippen molar-refractivity contribution < 1.29 is 8.95 Å². The lowest BCUT2D eigenvalue weighted by atomic mass is 9.78. The van der Waals surface area contributed by atoms with E-state index in [0.717, 1.165) is 67.7 Å². The number of nitrogens with one attached hydrogen (secondary N) is 1. The number of anilines is 1. The maximum Gasteiger partial charge on any atom is 0.139 e. The molecule has 2 fully saturated rings. The van der Waals surface area contributed by atoms with Crippen molar-refractivity contribution in [1.82, 2.24) is 14.3 Å². The van der Waals surface area contributed by atoms with E-state index in [1.807, 2.05) is 16.4 Å². The van der Waals surface area contributed by atoms with Crippen LogP contribution in [0.2, 0.25) is 5.02 Å². The number of rotatable bonds is 4. The van der Waals surface area contributed by atoms with E-state index in [1.54, 1.807) is 13.4 Å². The van der Waals surface area contributed by atoms with Gasteiger partial charge in [-0.25, -0.2) is 18.5 Å². The van der Waals surface area contributed by atoms with Crippen LogP contribution in [0.4, 0.5) is 5.82 Å². The zero-order chi connectivity index (χ0) is 19.0. The van der Waals surface area contributed by atoms with Gasteiger partial charge in [-0.2, -0.15) is 0 Å². The van der Waals surface area contributed by atoms with Gasteiger partial charge >= 0.3 is 0 Å². The predicted octanol–water partition coefficient (Wildman–Crippen LogP) is 2.85. The quantitative estimate of drug-likeness (QED) is 0.622. The van der Waals surface area contributed by atoms with Crippen LogP contribution in [-0.2, 0) is 11.0 Å². The molecule has 3 heterocycles.